The van der Waals surface area contributed by atoms with Gasteiger partial charge in [0.1, 0.15) is 11.1 Å². The monoisotopic (exact) mass is 374 g/mol. The summed E-state index contributed by atoms with van der Waals surface area (Å²) in [6.07, 6.45) is 4.26. The number of aryl methyl sites for hydroxylation is 1. The molecule has 0 aromatic carbocycles. The van der Waals surface area contributed by atoms with Crippen molar-refractivity contribution < 1.29 is 19.2 Å². The van der Waals surface area contributed by atoms with Gasteiger partial charge in [-0.25, -0.2) is 4.79 Å². The summed E-state index contributed by atoms with van der Waals surface area (Å²) in [4.78, 5) is 42.8. The van der Waals surface area contributed by atoms with Crippen molar-refractivity contribution in [1.29, 1.82) is 0 Å². The van der Waals surface area contributed by atoms with E-state index in [2.05, 4.69) is 10.1 Å². The molecule has 2 aromatic heterocycles. The molecule has 9 nitrogen and oxygen atoms in total. The average Bonchev–Trinajstić information content (AvgIpc) is 3.07. The molecule has 3 rings (SSSR count). The van der Waals surface area contributed by atoms with Gasteiger partial charge in [0.25, 0.3) is 5.91 Å². The molecule has 0 unspecified atom stereocenters. The van der Waals surface area contributed by atoms with E-state index in [0.717, 1.165) is 12.8 Å². The lowest BCUT2D eigenvalue weighted by atomic mass is 9.96. The number of carboxylic acid groups (broad SMARTS) is 1. The van der Waals surface area contributed by atoms with Crippen molar-refractivity contribution in [3.8, 4) is 0 Å². The summed E-state index contributed by atoms with van der Waals surface area (Å²) >= 11 is 0. The number of hydrogen-bond acceptors (Lipinski definition) is 6. The van der Waals surface area contributed by atoms with Gasteiger partial charge < -0.3 is 19.1 Å². The largest absolute Gasteiger partial charge is 0.477 e. The van der Waals surface area contributed by atoms with Crippen LogP contribution in [0.15, 0.2) is 21.7 Å². The molecule has 1 amide bonds. The second-order valence-electron chi connectivity index (χ2n) is 7.02. The lowest BCUT2D eigenvalue weighted by molar-refractivity contribution is 0.0693. The van der Waals surface area contributed by atoms with Gasteiger partial charge >= 0.3 is 5.97 Å². The Kier molecular flexibility index (Phi) is 5.11. The fourth-order valence-corrected chi connectivity index (χ4v) is 3.22. The SMILES string of the molecule is Cc1nc([C@@H]2CCCN(C(=O)c3cn(C(C)C)cc(C(=O)O)c3=O)C2)no1. The van der Waals surface area contributed by atoms with E-state index in [1.54, 1.807) is 16.4 Å². The van der Waals surface area contributed by atoms with Gasteiger partial charge in [-0.2, -0.15) is 4.98 Å². The number of hydrogen-bond donors (Lipinski definition) is 1. The van der Waals surface area contributed by atoms with E-state index in [1.165, 1.54) is 12.4 Å². The molecule has 2 aromatic rings. The maximum atomic E-state index is 13.0. The molecule has 1 atom stereocenters. The van der Waals surface area contributed by atoms with Gasteiger partial charge in [0.2, 0.25) is 11.3 Å². The minimum absolute atomic E-state index is 0.0740. The van der Waals surface area contributed by atoms with Crippen LogP contribution in [0.3, 0.4) is 0 Å². The third kappa shape index (κ3) is 3.76. The van der Waals surface area contributed by atoms with Crippen LogP contribution in [0.1, 0.15) is 71.1 Å². The molecule has 0 saturated carbocycles. The van der Waals surface area contributed by atoms with Crippen LogP contribution in [-0.4, -0.2) is 49.7 Å². The zero-order valence-electron chi connectivity index (χ0n) is 15.5. The Bertz CT molecular complexity index is 930. The van der Waals surface area contributed by atoms with Gasteiger partial charge in [0, 0.05) is 44.4 Å². The number of carbonyl (C=O) groups excluding carboxylic acids is 1. The maximum Gasteiger partial charge on any atom is 0.341 e. The number of carboxylic acids is 1. The van der Waals surface area contributed by atoms with Gasteiger partial charge in [-0.1, -0.05) is 5.16 Å². The molecule has 0 spiro atoms. The van der Waals surface area contributed by atoms with E-state index >= 15 is 0 Å². The highest BCUT2D eigenvalue weighted by atomic mass is 16.5. The summed E-state index contributed by atoms with van der Waals surface area (Å²) in [5, 5.41) is 13.2. The molecular formula is C18H22N4O5. The van der Waals surface area contributed by atoms with Crippen LogP contribution in [0.4, 0.5) is 0 Å². The zero-order chi connectivity index (χ0) is 19.7. The van der Waals surface area contributed by atoms with Crippen molar-refractivity contribution >= 4 is 11.9 Å². The van der Waals surface area contributed by atoms with Crippen molar-refractivity contribution in [2.24, 2.45) is 0 Å². The summed E-state index contributed by atoms with van der Waals surface area (Å²) in [7, 11) is 0. The molecule has 1 fully saturated rings. The molecule has 0 bridgehead atoms. The van der Waals surface area contributed by atoms with Crippen LogP contribution in [0.5, 0.6) is 0 Å². The first-order chi connectivity index (χ1) is 12.8. The molecule has 0 radical (unpaired) electrons. The predicted octanol–water partition coefficient (Wildman–Crippen LogP) is 1.84. The summed E-state index contributed by atoms with van der Waals surface area (Å²) < 4.78 is 6.59. The maximum absolute atomic E-state index is 13.0. The molecule has 1 N–H and O–H groups in total. The fraction of sp³-hybridized carbons (Fsp3) is 0.500. The van der Waals surface area contributed by atoms with Gasteiger partial charge in [-0.05, 0) is 26.7 Å². The average molecular weight is 374 g/mol. The van der Waals surface area contributed by atoms with Crippen molar-refractivity contribution in [2.45, 2.75) is 45.6 Å². The van der Waals surface area contributed by atoms with Crippen LogP contribution in [-0.2, 0) is 0 Å². The molecular weight excluding hydrogens is 352 g/mol. The number of piperidine rings is 1. The Morgan fingerprint density at radius 3 is 2.59 bits per heavy atom. The molecule has 1 aliphatic rings. The highest BCUT2D eigenvalue weighted by Gasteiger charge is 2.30. The molecule has 27 heavy (non-hydrogen) atoms. The van der Waals surface area contributed by atoms with Crippen LogP contribution in [0.2, 0.25) is 0 Å². The first-order valence-corrected chi connectivity index (χ1v) is 8.86. The number of aromatic nitrogens is 3. The highest BCUT2D eigenvalue weighted by molar-refractivity contribution is 5.97. The quantitative estimate of drug-likeness (QED) is 0.867. The van der Waals surface area contributed by atoms with Crippen LogP contribution in [0.25, 0.3) is 0 Å². The Morgan fingerprint density at radius 2 is 2.00 bits per heavy atom. The number of likely N-dealkylation sites (tertiary alicyclic amines) is 1. The smallest absolute Gasteiger partial charge is 0.341 e. The highest BCUT2D eigenvalue weighted by Crippen LogP contribution is 2.25. The first kappa shape index (κ1) is 18.8. The normalized spacial score (nSPS) is 17.3. The molecule has 9 heteroatoms. The van der Waals surface area contributed by atoms with Crippen molar-refractivity contribution in [3.63, 3.8) is 0 Å². The molecule has 0 aliphatic carbocycles. The Hall–Kier alpha value is -2.97. The first-order valence-electron chi connectivity index (χ1n) is 8.86. The van der Waals surface area contributed by atoms with Crippen LogP contribution in [0, 0.1) is 6.92 Å². The summed E-state index contributed by atoms with van der Waals surface area (Å²) in [5.41, 5.74) is -1.30. The van der Waals surface area contributed by atoms with E-state index in [-0.39, 0.29) is 17.5 Å². The van der Waals surface area contributed by atoms with E-state index in [1.807, 2.05) is 13.8 Å². The Balaban J connectivity index is 1.92. The number of nitrogens with zero attached hydrogens (tertiary/aromatic N) is 4. The topological polar surface area (TPSA) is 119 Å². The van der Waals surface area contributed by atoms with Crippen LogP contribution < -0.4 is 5.43 Å². The van der Waals surface area contributed by atoms with Crippen molar-refractivity contribution in [1.82, 2.24) is 19.6 Å². The van der Waals surface area contributed by atoms with E-state index < -0.39 is 22.9 Å². The number of amides is 1. The molecule has 144 valence electrons. The number of aromatic carboxylic acids is 1. The Labute approximate surface area is 155 Å². The summed E-state index contributed by atoms with van der Waals surface area (Å²) in [6.45, 7) is 6.24. The third-order valence-electron chi connectivity index (χ3n) is 4.72. The second kappa shape index (κ2) is 7.34. The van der Waals surface area contributed by atoms with Crippen molar-refractivity contribution in [2.75, 3.05) is 13.1 Å². The van der Waals surface area contributed by atoms with E-state index in [4.69, 9.17) is 4.52 Å². The van der Waals surface area contributed by atoms with Crippen LogP contribution >= 0.6 is 0 Å². The fourth-order valence-electron chi connectivity index (χ4n) is 3.22. The molecule has 1 saturated heterocycles. The molecule has 3 heterocycles. The second-order valence-corrected chi connectivity index (χ2v) is 7.02. The lowest BCUT2D eigenvalue weighted by Crippen LogP contribution is -2.42. The van der Waals surface area contributed by atoms with Gasteiger partial charge in [-0.3, -0.25) is 9.59 Å². The third-order valence-corrected chi connectivity index (χ3v) is 4.72. The standard InChI is InChI=1S/C18H22N4O5/c1-10(2)22-8-13(15(23)14(9-22)18(25)26)17(24)21-6-4-5-12(7-21)16-19-11(3)27-20-16/h8-10,12H,4-7H2,1-3H3,(H,25,26)/t12-/m1/s1. The minimum atomic E-state index is -1.34. The zero-order valence-corrected chi connectivity index (χ0v) is 15.5. The van der Waals surface area contributed by atoms with E-state index in [0.29, 0.717) is 24.8 Å². The lowest BCUT2D eigenvalue weighted by Gasteiger charge is -2.31. The number of rotatable bonds is 4. The Morgan fingerprint density at radius 1 is 1.30 bits per heavy atom. The van der Waals surface area contributed by atoms with E-state index in [9.17, 15) is 19.5 Å². The summed E-state index contributed by atoms with van der Waals surface area (Å²) in [5.74, 6) is -0.883. The minimum Gasteiger partial charge on any atom is -0.477 e. The summed E-state index contributed by atoms with van der Waals surface area (Å²) in [6, 6.07) is -0.0911. The predicted molar refractivity (Wildman–Crippen MR) is 95.0 cm³/mol. The number of carbonyl (C=O) groups is 2. The number of pyridine rings is 1. The van der Waals surface area contributed by atoms with Gasteiger partial charge in [0.15, 0.2) is 5.82 Å². The van der Waals surface area contributed by atoms with Gasteiger partial charge in [-0.15, -0.1) is 0 Å². The van der Waals surface area contributed by atoms with Gasteiger partial charge in [0.05, 0.1) is 0 Å². The van der Waals surface area contributed by atoms with Crippen molar-refractivity contribution in [3.05, 3.63) is 45.5 Å². The molecule has 1 aliphatic heterocycles.